The molecule has 0 radical (unpaired) electrons. The van der Waals surface area contributed by atoms with Gasteiger partial charge in [-0.3, -0.25) is 19.3 Å². The standard InChI is InChI=1S/C30H46N4O3S2/c1-22(2)30(37)34-21-39-20-27(34)29(36)32-26(19-38-18-24-11-7-4-8-12-24)28(35)31-25-13-15-33(16-14-25)17-23-9-5-3-6-10-23/h3,5-6,9-10,22,24-27H,4,7-8,11-21H2,1-2H3,(H,31,35)(H,32,36)/t26?,27-/m0/s1. The Morgan fingerprint density at radius 2 is 1.74 bits per heavy atom. The molecule has 3 amide bonds. The van der Waals surface area contributed by atoms with Crippen molar-refractivity contribution in [3.63, 3.8) is 0 Å². The highest BCUT2D eigenvalue weighted by molar-refractivity contribution is 7.99. The van der Waals surface area contributed by atoms with E-state index < -0.39 is 12.1 Å². The first kappa shape index (κ1) is 30.3. The van der Waals surface area contributed by atoms with Crippen LogP contribution in [0, 0.1) is 11.8 Å². The fourth-order valence-corrected chi connectivity index (χ4v) is 8.18. The van der Waals surface area contributed by atoms with Gasteiger partial charge in [0, 0.05) is 43.1 Å². The van der Waals surface area contributed by atoms with Crippen molar-refractivity contribution in [3.05, 3.63) is 35.9 Å². The average molecular weight is 575 g/mol. The van der Waals surface area contributed by atoms with Gasteiger partial charge < -0.3 is 15.5 Å². The second-order valence-electron chi connectivity index (χ2n) is 11.6. The molecule has 1 aliphatic carbocycles. The molecular formula is C30H46N4O3S2. The van der Waals surface area contributed by atoms with Crippen molar-refractivity contribution >= 4 is 41.2 Å². The van der Waals surface area contributed by atoms with Crippen LogP contribution in [-0.2, 0) is 20.9 Å². The van der Waals surface area contributed by atoms with E-state index in [0.29, 0.717) is 23.3 Å². The Labute approximate surface area is 243 Å². The minimum absolute atomic E-state index is 0.00455. The summed E-state index contributed by atoms with van der Waals surface area (Å²) in [6.45, 7) is 6.55. The predicted molar refractivity (Wildman–Crippen MR) is 162 cm³/mol. The van der Waals surface area contributed by atoms with Gasteiger partial charge in [-0.25, -0.2) is 0 Å². The maximum Gasteiger partial charge on any atom is 0.244 e. The minimum Gasteiger partial charge on any atom is -0.351 e. The molecule has 2 heterocycles. The molecule has 1 unspecified atom stereocenters. The molecule has 2 aliphatic heterocycles. The van der Waals surface area contributed by atoms with E-state index in [9.17, 15) is 14.4 Å². The highest BCUT2D eigenvalue weighted by Gasteiger charge is 2.37. The zero-order valence-electron chi connectivity index (χ0n) is 23.6. The Hall–Kier alpha value is -1.71. The normalized spacial score (nSPS) is 22.1. The smallest absolute Gasteiger partial charge is 0.244 e. The van der Waals surface area contributed by atoms with Crippen molar-refractivity contribution in [2.45, 2.75) is 83.5 Å². The lowest BCUT2D eigenvalue weighted by Gasteiger charge is -2.33. The lowest BCUT2D eigenvalue weighted by Crippen LogP contribution is -2.57. The summed E-state index contributed by atoms with van der Waals surface area (Å²) in [5.41, 5.74) is 1.31. The van der Waals surface area contributed by atoms with E-state index in [2.05, 4.69) is 39.8 Å². The Balaban J connectivity index is 1.31. The van der Waals surface area contributed by atoms with E-state index in [0.717, 1.165) is 38.2 Å². The van der Waals surface area contributed by atoms with Crippen molar-refractivity contribution < 1.29 is 14.4 Å². The Morgan fingerprint density at radius 3 is 2.44 bits per heavy atom. The van der Waals surface area contributed by atoms with Gasteiger partial charge in [-0.2, -0.15) is 11.8 Å². The van der Waals surface area contributed by atoms with Gasteiger partial charge in [0.2, 0.25) is 17.7 Å². The summed E-state index contributed by atoms with van der Waals surface area (Å²) in [4.78, 5) is 43.7. The van der Waals surface area contributed by atoms with E-state index in [1.807, 2.05) is 19.9 Å². The fraction of sp³-hybridized carbons (Fsp3) is 0.700. The van der Waals surface area contributed by atoms with Gasteiger partial charge >= 0.3 is 0 Å². The molecule has 39 heavy (non-hydrogen) atoms. The van der Waals surface area contributed by atoms with E-state index in [-0.39, 0.29) is 29.7 Å². The Kier molecular flexibility index (Phi) is 11.9. The summed E-state index contributed by atoms with van der Waals surface area (Å²) in [5, 5.41) is 6.32. The first-order chi connectivity index (χ1) is 18.9. The van der Waals surface area contributed by atoms with Crippen LogP contribution in [0.25, 0.3) is 0 Å². The third kappa shape index (κ3) is 9.15. The second-order valence-corrected chi connectivity index (χ2v) is 13.7. The molecule has 0 aromatic heterocycles. The Morgan fingerprint density at radius 1 is 1.03 bits per heavy atom. The number of amides is 3. The number of benzene rings is 1. The van der Waals surface area contributed by atoms with Crippen LogP contribution >= 0.6 is 23.5 Å². The van der Waals surface area contributed by atoms with Crippen molar-refractivity contribution in [2.24, 2.45) is 11.8 Å². The molecule has 2 N–H and O–H groups in total. The third-order valence-corrected chi connectivity index (χ3v) is 10.4. The van der Waals surface area contributed by atoms with Crippen LogP contribution in [-0.4, -0.2) is 81.9 Å². The van der Waals surface area contributed by atoms with Gasteiger partial charge in [0.15, 0.2) is 0 Å². The van der Waals surface area contributed by atoms with Gasteiger partial charge in [0.1, 0.15) is 12.1 Å². The number of carbonyl (C=O) groups excluding carboxylic acids is 3. The molecule has 3 fully saturated rings. The van der Waals surface area contributed by atoms with Gasteiger partial charge in [0.25, 0.3) is 0 Å². The maximum absolute atomic E-state index is 13.5. The summed E-state index contributed by atoms with van der Waals surface area (Å²) in [5.74, 6) is 2.97. The number of thioether (sulfide) groups is 2. The SMILES string of the molecule is CC(C)C(=O)N1CSC[C@H]1C(=O)NC(CSCC1CCCCC1)C(=O)NC1CCN(Cc2ccccc2)CC1. The van der Waals surface area contributed by atoms with Crippen molar-refractivity contribution in [1.82, 2.24) is 20.4 Å². The zero-order chi connectivity index (χ0) is 27.6. The number of likely N-dealkylation sites (tertiary alicyclic amines) is 1. The average Bonchev–Trinajstić information content (AvgIpc) is 3.44. The Bertz CT molecular complexity index is 933. The minimum atomic E-state index is -0.588. The van der Waals surface area contributed by atoms with E-state index in [1.54, 1.807) is 28.4 Å². The quantitative estimate of drug-likeness (QED) is 0.414. The number of rotatable bonds is 11. The van der Waals surface area contributed by atoms with Crippen LogP contribution in [0.5, 0.6) is 0 Å². The molecule has 9 heteroatoms. The molecule has 2 saturated heterocycles. The van der Waals surface area contributed by atoms with E-state index in [4.69, 9.17) is 0 Å². The first-order valence-corrected chi connectivity index (χ1v) is 17.0. The number of nitrogens with zero attached hydrogens (tertiary/aromatic N) is 2. The molecule has 1 saturated carbocycles. The summed E-state index contributed by atoms with van der Waals surface area (Å²) in [6.07, 6.45) is 8.28. The highest BCUT2D eigenvalue weighted by atomic mass is 32.2. The van der Waals surface area contributed by atoms with E-state index in [1.165, 1.54) is 37.7 Å². The highest BCUT2D eigenvalue weighted by Crippen LogP contribution is 2.27. The van der Waals surface area contributed by atoms with Gasteiger partial charge in [-0.1, -0.05) is 63.4 Å². The number of piperidine rings is 1. The molecule has 3 aliphatic rings. The van der Waals surface area contributed by atoms with Crippen LogP contribution in [0.2, 0.25) is 0 Å². The second kappa shape index (κ2) is 15.3. The molecule has 4 rings (SSSR count). The molecule has 0 bridgehead atoms. The number of hydrogen-bond donors (Lipinski definition) is 2. The zero-order valence-corrected chi connectivity index (χ0v) is 25.2. The molecule has 216 valence electrons. The molecule has 7 nitrogen and oxygen atoms in total. The van der Waals surface area contributed by atoms with Gasteiger partial charge in [-0.05, 0) is 42.9 Å². The van der Waals surface area contributed by atoms with E-state index >= 15 is 0 Å². The topological polar surface area (TPSA) is 81.8 Å². The lowest BCUT2D eigenvalue weighted by molar-refractivity contribution is -0.141. The van der Waals surface area contributed by atoms with Crippen LogP contribution in [0.1, 0.15) is 64.4 Å². The van der Waals surface area contributed by atoms with Crippen LogP contribution < -0.4 is 10.6 Å². The van der Waals surface area contributed by atoms with Crippen molar-refractivity contribution in [2.75, 3.05) is 36.2 Å². The summed E-state index contributed by atoms with van der Waals surface area (Å²) < 4.78 is 0. The third-order valence-electron chi connectivity index (χ3n) is 8.14. The summed E-state index contributed by atoms with van der Waals surface area (Å²) in [6, 6.07) is 9.53. The number of nitrogens with one attached hydrogen (secondary N) is 2. The summed E-state index contributed by atoms with van der Waals surface area (Å²) >= 11 is 3.39. The van der Waals surface area contributed by atoms with Gasteiger partial charge in [-0.15, -0.1) is 11.8 Å². The van der Waals surface area contributed by atoms with Crippen molar-refractivity contribution in [1.29, 1.82) is 0 Å². The molecular weight excluding hydrogens is 528 g/mol. The molecule has 1 aromatic rings. The molecule has 1 aromatic carbocycles. The van der Waals surface area contributed by atoms with Crippen molar-refractivity contribution in [3.8, 4) is 0 Å². The van der Waals surface area contributed by atoms with Gasteiger partial charge in [0.05, 0.1) is 5.88 Å². The fourth-order valence-electron chi connectivity index (χ4n) is 5.74. The largest absolute Gasteiger partial charge is 0.351 e. The summed E-state index contributed by atoms with van der Waals surface area (Å²) in [7, 11) is 0. The number of carbonyl (C=O) groups is 3. The molecule has 2 atom stereocenters. The maximum atomic E-state index is 13.5. The monoisotopic (exact) mass is 574 g/mol. The molecule has 0 spiro atoms. The van der Waals surface area contributed by atoms with Crippen LogP contribution in [0.15, 0.2) is 30.3 Å². The van der Waals surface area contributed by atoms with Crippen LogP contribution in [0.3, 0.4) is 0 Å². The van der Waals surface area contributed by atoms with Crippen LogP contribution in [0.4, 0.5) is 0 Å². The lowest BCUT2D eigenvalue weighted by atomic mass is 9.91. The predicted octanol–water partition coefficient (Wildman–Crippen LogP) is 4.12. The number of hydrogen-bond acceptors (Lipinski definition) is 6. The first-order valence-electron chi connectivity index (χ1n) is 14.7.